The lowest BCUT2D eigenvalue weighted by atomic mass is 10.0. The lowest BCUT2D eigenvalue weighted by Crippen LogP contribution is -2.51. The van der Waals surface area contributed by atoms with Crippen molar-refractivity contribution in [3.05, 3.63) is 0 Å². The van der Waals surface area contributed by atoms with Gasteiger partial charge in [-0.3, -0.25) is 9.59 Å². The first-order chi connectivity index (χ1) is 7.95. The van der Waals surface area contributed by atoms with Crippen molar-refractivity contribution in [2.24, 2.45) is 5.92 Å². The van der Waals surface area contributed by atoms with Crippen molar-refractivity contribution in [3.63, 3.8) is 0 Å². The molecular weight excluding hydrogens is 224 g/mol. The van der Waals surface area contributed by atoms with Crippen LogP contribution in [0.3, 0.4) is 0 Å². The number of carbonyl (C=O) groups excluding carboxylic acids is 3. The minimum absolute atomic E-state index is 0.0662. The van der Waals surface area contributed by atoms with Crippen LogP contribution in [0.5, 0.6) is 0 Å². The SMILES string of the molecule is COC(=O)C(NC(=O)C1CCC(=O)N1)C(C)C. The Bertz CT molecular complexity index is 327. The molecule has 0 aliphatic carbocycles. The molecule has 0 aromatic rings. The van der Waals surface area contributed by atoms with Gasteiger partial charge >= 0.3 is 5.97 Å². The maximum Gasteiger partial charge on any atom is 0.328 e. The Morgan fingerprint density at radius 1 is 1.47 bits per heavy atom. The van der Waals surface area contributed by atoms with E-state index in [1.165, 1.54) is 7.11 Å². The quantitative estimate of drug-likeness (QED) is 0.656. The van der Waals surface area contributed by atoms with Gasteiger partial charge in [0.15, 0.2) is 0 Å². The standard InChI is InChI=1S/C11H18N2O4/c1-6(2)9(11(16)17-3)13-10(15)7-4-5-8(14)12-7/h6-7,9H,4-5H2,1-3H3,(H,12,14)(H,13,15). The number of hydrogen-bond donors (Lipinski definition) is 2. The Morgan fingerprint density at radius 2 is 2.12 bits per heavy atom. The number of esters is 1. The van der Waals surface area contributed by atoms with Gasteiger partial charge in [0.05, 0.1) is 7.11 Å². The summed E-state index contributed by atoms with van der Waals surface area (Å²) in [5.41, 5.74) is 0. The lowest BCUT2D eigenvalue weighted by Gasteiger charge is -2.21. The molecule has 2 amide bonds. The van der Waals surface area contributed by atoms with Crippen molar-refractivity contribution in [1.29, 1.82) is 0 Å². The summed E-state index contributed by atoms with van der Waals surface area (Å²) in [6, 6.07) is -1.21. The fraction of sp³-hybridized carbons (Fsp3) is 0.727. The molecule has 96 valence electrons. The molecular formula is C11H18N2O4. The first-order valence-corrected chi connectivity index (χ1v) is 5.63. The van der Waals surface area contributed by atoms with Gasteiger partial charge in [0.1, 0.15) is 12.1 Å². The molecule has 1 heterocycles. The molecule has 2 unspecified atom stereocenters. The van der Waals surface area contributed by atoms with Crippen LogP contribution >= 0.6 is 0 Å². The minimum atomic E-state index is -0.676. The van der Waals surface area contributed by atoms with Gasteiger partial charge in [-0.05, 0) is 12.3 Å². The van der Waals surface area contributed by atoms with Crippen LogP contribution in [0.25, 0.3) is 0 Å². The summed E-state index contributed by atoms with van der Waals surface area (Å²) < 4.78 is 4.62. The number of hydrogen-bond acceptors (Lipinski definition) is 4. The van der Waals surface area contributed by atoms with E-state index in [0.717, 1.165) is 0 Å². The zero-order valence-electron chi connectivity index (χ0n) is 10.3. The molecule has 2 N–H and O–H groups in total. The van der Waals surface area contributed by atoms with Crippen LogP contribution in [-0.2, 0) is 19.1 Å². The largest absolute Gasteiger partial charge is 0.467 e. The van der Waals surface area contributed by atoms with Crippen molar-refractivity contribution >= 4 is 17.8 Å². The maximum absolute atomic E-state index is 11.8. The zero-order chi connectivity index (χ0) is 13.0. The summed E-state index contributed by atoms with van der Waals surface area (Å²) in [5, 5.41) is 5.15. The molecule has 0 spiro atoms. The third kappa shape index (κ3) is 3.44. The Balaban J connectivity index is 2.58. The Hall–Kier alpha value is -1.59. The molecule has 1 aliphatic heterocycles. The van der Waals surface area contributed by atoms with Crippen molar-refractivity contribution in [1.82, 2.24) is 10.6 Å². The lowest BCUT2D eigenvalue weighted by molar-refractivity contribution is -0.146. The van der Waals surface area contributed by atoms with Gasteiger partial charge in [0.25, 0.3) is 0 Å². The van der Waals surface area contributed by atoms with E-state index in [4.69, 9.17) is 0 Å². The molecule has 0 saturated carbocycles. The van der Waals surface area contributed by atoms with Gasteiger partial charge in [0, 0.05) is 6.42 Å². The van der Waals surface area contributed by atoms with E-state index in [1.54, 1.807) is 0 Å². The first-order valence-electron chi connectivity index (χ1n) is 5.63. The van der Waals surface area contributed by atoms with Crippen LogP contribution < -0.4 is 10.6 Å². The highest BCUT2D eigenvalue weighted by Crippen LogP contribution is 2.09. The molecule has 17 heavy (non-hydrogen) atoms. The van der Waals surface area contributed by atoms with E-state index in [1.807, 2.05) is 13.8 Å². The second kappa shape index (κ2) is 5.65. The van der Waals surface area contributed by atoms with Crippen LogP contribution in [0.1, 0.15) is 26.7 Å². The highest BCUT2D eigenvalue weighted by Gasteiger charge is 2.31. The van der Waals surface area contributed by atoms with Crippen LogP contribution in [-0.4, -0.2) is 37.0 Å². The van der Waals surface area contributed by atoms with Crippen LogP contribution in [0, 0.1) is 5.92 Å². The van der Waals surface area contributed by atoms with E-state index in [9.17, 15) is 14.4 Å². The van der Waals surface area contributed by atoms with E-state index >= 15 is 0 Å². The summed E-state index contributed by atoms with van der Waals surface area (Å²) in [6.07, 6.45) is 0.819. The molecule has 1 fully saturated rings. The average Bonchev–Trinajstić information content (AvgIpc) is 2.71. The van der Waals surface area contributed by atoms with Crippen molar-refractivity contribution < 1.29 is 19.1 Å². The average molecular weight is 242 g/mol. The molecule has 1 rings (SSSR count). The zero-order valence-corrected chi connectivity index (χ0v) is 10.3. The maximum atomic E-state index is 11.8. The van der Waals surface area contributed by atoms with Crippen molar-refractivity contribution in [2.75, 3.05) is 7.11 Å². The molecule has 1 aliphatic rings. The van der Waals surface area contributed by atoms with Crippen molar-refractivity contribution in [2.45, 2.75) is 38.8 Å². The number of methoxy groups -OCH3 is 1. The topological polar surface area (TPSA) is 84.5 Å². The smallest absolute Gasteiger partial charge is 0.328 e. The molecule has 6 nitrogen and oxygen atoms in total. The highest BCUT2D eigenvalue weighted by molar-refractivity contribution is 5.93. The Kier molecular flexibility index (Phi) is 4.48. The number of ether oxygens (including phenoxy) is 1. The van der Waals surface area contributed by atoms with Crippen molar-refractivity contribution in [3.8, 4) is 0 Å². The second-order valence-corrected chi connectivity index (χ2v) is 4.41. The van der Waals surface area contributed by atoms with Crippen LogP contribution in [0.2, 0.25) is 0 Å². The van der Waals surface area contributed by atoms with E-state index in [2.05, 4.69) is 15.4 Å². The summed E-state index contributed by atoms with van der Waals surface area (Å²) in [6.45, 7) is 3.63. The number of rotatable bonds is 4. The number of carbonyl (C=O) groups is 3. The van der Waals surface area contributed by atoms with Gasteiger partial charge in [-0.25, -0.2) is 4.79 Å². The number of nitrogens with one attached hydrogen (secondary N) is 2. The molecule has 1 saturated heterocycles. The van der Waals surface area contributed by atoms with Crippen LogP contribution in [0.15, 0.2) is 0 Å². The van der Waals surface area contributed by atoms with Gasteiger partial charge in [0.2, 0.25) is 11.8 Å². The summed E-state index contributed by atoms with van der Waals surface area (Å²) in [7, 11) is 1.28. The van der Waals surface area contributed by atoms with Crippen LogP contribution in [0.4, 0.5) is 0 Å². The molecule has 0 bridgehead atoms. The number of amides is 2. The molecule has 0 aromatic carbocycles. The molecule has 0 aromatic heterocycles. The summed E-state index contributed by atoms with van der Waals surface area (Å²) in [4.78, 5) is 34.2. The van der Waals surface area contributed by atoms with Gasteiger partial charge in [-0.1, -0.05) is 13.8 Å². The minimum Gasteiger partial charge on any atom is -0.467 e. The Morgan fingerprint density at radius 3 is 2.53 bits per heavy atom. The normalized spacial score (nSPS) is 20.9. The predicted octanol–water partition coefficient (Wildman–Crippen LogP) is -0.421. The van der Waals surface area contributed by atoms with E-state index in [-0.39, 0.29) is 17.7 Å². The fourth-order valence-corrected chi connectivity index (χ4v) is 1.69. The predicted molar refractivity (Wildman–Crippen MR) is 59.9 cm³/mol. The fourth-order valence-electron chi connectivity index (χ4n) is 1.69. The highest BCUT2D eigenvalue weighted by atomic mass is 16.5. The first kappa shape index (κ1) is 13.5. The van der Waals surface area contributed by atoms with Gasteiger partial charge in [-0.15, -0.1) is 0 Å². The molecule has 6 heteroatoms. The monoisotopic (exact) mass is 242 g/mol. The van der Waals surface area contributed by atoms with E-state index < -0.39 is 18.1 Å². The third-order valence-electron chi connectivity index (χ3n) is 2.73. The Labute approximate surface area is 100 Å². The summed E-state index contributed by atoms with van der Waals surface area (Å²) >= 11 is 0. The second-order valence-electron chi connectivity index (χ2n) is 4.41. The van der Waals surface area contributed by atoms with Gasteiger partial charge in [-0.2, -0.15) is 0 Å². The summed E-state index contributed by atoms with van der Waals surface area (Å²) in [5.74, 6) is -1.01. The molecule has 2 atom stereocenters. The molecule has 0 radical (unpaired) electrons. The van der Waals surface area contributed by atoms with Gasteiger partial charge < -0.3 is 15.4 Å². The van der Waals surface area contributed by atoms with E-state index in [0.29, 0.717) is 12.8 Å². The third-order valence-corrected chi connectivity index (χ3v) is 2.73.